The van der Waals surface area contributed by atoms with E-state index >= 15 is 0 Å². The number of aromatic nitrogens is 3. The highest BCUT2D eigenvalue weighted by atomic mass is 16.2. The van der Waals surface area contributed by atoms with Gasteiger partial charge in [0.2, 0.25) is 0 Å². The van der Waals surface area contributed by atoms with Crippen LogP contribution in [0.25, 0.3) is 0 Å². The van der Waals surface area contributed by atoms with Crippen LogP contribution in [0.2, 0.25) is 0 Å². The van der Waals surface area contributed by atoms with Crippen molar-refractivity contribution >= 4 is 5.91 Å². The van der Waals surface area contributed by atoms with E-state index in [1.807, 2.05) is 6.07 Å². The topological polar surface area (TPSA) is 74.8 Å². The molecule has 6 heteroatoms. The number of amides is 1. The monoisotopic (exact) mass is 179 g/mol. The number of aryl methyl sites for hydroxylation is 1. The van der Waals surface area contributed by atoms with Crippen LogP contribution in [0.4, 0.5) is 0 Å². The van der Waals surface area contributed by atoms with Crippen molar-refractivity contribution in [2.75, 3.05) is 13.6 Å². The maximum atomic E-state index is 11.4. The molecule has 0 radical (unpaired) electrons. The molecule has 0 bridgehead atoms. The first kappa shape index (κ1) is 9.19. The molecule has 1 amide bonds. The Balaban J connectivity index is 2.74. The van der Waals surface area contributed by atoms with Crippen LogP contribution >= 0.6 is 0 Å². The molecule has 0 fully saturated rings. The minimum absolute atomic E-state index is 0.0510. The molecule has 1 aromatic heterocycles. The fourth-order valence-electron chi connectivity index (χ4n) is 0.817. The Morgan fingerprint density at radius 3 is 3.00 bits per heavy atom. The number of rotatable bonds is 2. The highest BCUT2D eigenvalue weighted by Gasteiger charge is 2.13. The smallest absolute Gasteiger partial charge is 0.276 e. The van der Waals surface area contributed by atoms with E-state index in [1.54, 1.807) is 14.1 Å². The fraction of sp³-hybridized carbons (Fsp3) is 0.429. The zero-order chi connectivity index (χ0) is 9.84. The molecule has 0 saturated heterocycles. The van der Waals surface area contributed by atoms with Gasteiger partial charge in [-0.1, -0.05) is 0 Å². The molecule has 1 aromatic rings. The zero-order valence-corrected chi connectivity index (χ0v) is 7.43. The van der Waals surface area contributed by atoms with Gasteiger partial charge in [-0.3, -0.25) is 4.79 Å². The zero-order valence-electron chi connectivity index (χ0n) is 7.43. The van der Waals surface area contributed by atoms with Crippen LogP contribution in [0.5, 0.6) is 0 Å². The molecular formula is C7H9N5O. The number of nitriles is 1. The number of hydrogen-bond donors (Lipinski definition) is 0. The van der Waals surface area contributed by atoms with E-state index in [9.17, 15) is 4.79 Å². The number of nitrogens with zero attached hydrogens (tertiary/aromatic N) is 5. The second-order valence-electron chi connectivity index (χ2n) is 2.54. The van der Waals surface area contributed by atoms with Crippen molar-refractivity contribution in [2.24, 2.45) is 7.05 Å². The summed E-state index contributed by atoms with van der Waals surface area (Å²) >= 11 is 0. The van der Waals surface area contributed by atoms with E-state index < -0.39 is 0 Å². The van der Waals surface area contributed by atoms with Crippen LogP contribution < -0.4 is 0 Å². The molecule has 0 saturated carbocycles. The Morgan fingerprint density at radius 2 is 2.54 bits per heavy atom. The predicted molar refractivity (Wildman–Crippen MR) is 43.6 cm³/mol. The molecule has 0 spiro atoms. The molecule has 0 aliphatic heterocycles. The lowest BCUT2D eigenvalue weighted by atomic mass is 10.4. The molecule has 0 N–H and O–H groups in total. The SMILES string of the molecule is CN(CC#N)C(=O)c1cnn(C)n1. The summed E-state index contributed by atoms with van der Waals surface area (Å²) in [6.07, 6.45) is 1.37. The lowest BCUT2D eigenvalue weighted by Crippen LogP contribution is -2.27. The highest BCUT2D eigenvalue weighted by molar-refractivity contribution is 5.91. The van der Waals surface area contributed by atoms with Gasteiger partial charge in [0, 0.05) is 14.1 Å². The second-order valence-corrected chi connectivity index (χ2v) is 2.54. The van der Waals surface area contributed by atoms with E-state index in [1.165, 1.54) is 15.9 Å². The van der Waals surface area contributed by atoms with Crippen LogP contribution in [0, 0.1) is 11.3 Å². The largest absolute Gasteiger partial charge is 0.327 e. The third-order valence-electron chi connectivity index (χ3n) is 1.47. The van der Waals surface area contributed by atoms with Gasteiger partial charge in [-0.2, -0.15) is 15.2 Å². The molecule has 0 aromatic carbocycles. The second kappa shape index (κ2) is 3.67. The van der Waals surface area contributed by atoms with E-state index in [2.05, 4.69) is 10.2 Å². The molecule has 1 heterocycles. The average Bonchev–Trinajstić information content (AvgIpc) is 2.51. The van der Waals surface area contributed by atoms with Crippen LogP contribution in [0.1, 0.15) is 10.5 Å². The van der Waals surface area contributed by atoms with Gasteiger partial charge >= 0.3 is 0 Å². The third-order valence-corrected chi connectivity index (χ3v) is 1.47. The lowest BCUT2D eigenvalue weighted by molar-refractivity contribution is 0.0805. The Morgan fingerprint density at radius 1 is 1.85 bits per heavy atom. The summed E-state index contributed by atoms with van der Waals surface area (Å²) in [5.41, 5.74) is 0.250. The van der Waals surface area contributed by atoms with E-state index in [0.717, 1.165) is 0 Å². The molecular weight excluding hydrogens is 170 g/mol. The van der Waals surface area contributed by atoms with Crippen molar-refractivity contribution in [3.8, 4) is 6.07 Å². The molecule has 13 heavy (non-hydrogen) atoms. The van der Waals surface area contributed by atoms with Gasteiger partial charge in [0.05, 0.1) is 12.3 Å². The van der Waals surface area contributed by atoms with Gasteiger partial charge in [-0.05, 0) is 0 Å². The van der Waals surface area contributed by atoms with Crippen molar-refractivity contribution in [3.05, 3.63) is 11.9 Å². The molecule has 68 valence electrons. The minimum Gasteiger partial charge on any atom is -0.327 e. The normalized spacial score (nSPS) is 9.31. The first-order valence-electron chi connectivity index (χ1n) is 3.64. The number of carbonyl (C=O) groups is 1. The Labute approximate surface area is 75.4 Å². The highest BCUT2D eigenvalue weighted by Crippen LogP contribution is 1.96. The first-order chi connectivity index (χ1) is 6.15. The summed E-state index contributed by atoms with van der Waals surface area (Å²) in [5, 5.41) is 15.9. The van der Waals surface area contributed by atoms with E-state index in [4.69, 9.17) is 5.26 Å². The molecule has 0 aliphatic carbocycles. The number of hydrogen-bond acceptors (Lipinski definition) is 4. The summed E-state index contributed by atoms with van der Waals surface area (Å²) in [5.74, 6) is -0.297. The Kier molecular flexibility index (Phi) is 2.59. The van der Waals surface area contributed by atoms with Crippen LogP contribution in [-0.4, -0.2) is 39.4 Å². The summed E-state index contributed by atoms with van der Waals surface area (Å²) in [6, 6.07) is 1.88. The molecule has 6 nitrogen and oxygen atoms in total. The summed E-state index contributed by atoms with van der Waals surface area (Å²) in [6.45, 7) is 0.0510. The predicted octanol–water partition coefficient (Wildman–Crippen LogP) is -0.589. The summed E-state index contributed by atoms with van der Waals surface area (Å²) in [4.78, 5) is 14.0. The van der Waals surface area contributed by atoms with Gasteiger partial charge in [-0.15, -0.1) is 5.10 Å². The Hall–Kier alpha value is -1.90. The summed E-state index contributed by atoms with van der Waals surface area (Å²) < 4.78 is 0. The molecule has 0 aliphatic rings. The third kappa shape index (κ3) is 2.02. The minimum atomic E-state index is -0.297. The molecule has 0 atom stereocenters. The fourth-order valence-corrected chi connectivity index (χ4v) is 0.817. The first-order valence-corrected chi connectivity index (χ1v) is 3.64. The van der Waals surface area contributed by atoms with Crippen LogP contribution in [0.15, 0.2) is 6.20 Å². The van der Waals surface area contributed by atoms with Gasteiger partial charge < -0.3 is 4.90 Å². The van der Waals surface area contributed by atoms with Gasteiger partial charge in [0.25, 0.3) is 5.91 Å². The van der Waals surface area contributed by atoms with Crippen LogP contribution in [0.3, 0.4) is 0 Å². The average molecular weight is 179 g/mol. The van der Waals surface area contributed by atoms with Crippen molar-refractivity contribution < 1.29 is 4.79 Å². The molecule has 0 unspecified atom stereocenters. The van der Waals surface area contributed by atoms with Crippen molar-refractivity contribution in [3.63, 3.8) is 0 Å². The number of carbonyl (C=O) groups excluding carboxylic acids is 1. The summed E-state index contributed by atoms with van der Waals surface area (Å²) in [7, 11) is 3.17. The van der Waals surface area contributed by atoms with E-state index in [-0.39, 0.29) is 18.1 Å². The van der Waals surface area contributed by atoms with Gasteiger partial charge in [-0.25, -0.2) is 0 Å². The molecule has 1 rings (SSSR count). The Bertz CT molecular complexity index is 350. The van der Waals surface area contributed by atoms with Crippen molar-refractivity contribution in [2.45, 2.75) is 0 Å². The maximum absolute atomic E-state index is 11.4. The lowest BCUT2D eigenvalue weighted by Gasteiger charge is -2.09. The van der Waals surface area contributed by atoms with Gasteiger partial charge in [0.1, 0.15) is 6.54 Å². The van der Waals surface area contributed by atoms with Crippen molar-refractivity contribution in [1.82, 2.24) is 19.9 Å². The standard InChI is InChI=1S/C7H9N5O/c1-11(4-3-8)7(13)6-5-9-12(2)10-6/h5H,4H2,1-2H3. The van der Waals surface area contributed by atoms with E-state index in [0.29, 0.717) is 0 Å². The quantitative estimate of drug-likeness (QED) is 0.569. The van der Waals surface area contributed by atoms with Crippen LogP contribution in [-0.2, 0) is 7.05 Å². The maximum Gasteiger partial charge on any atom is 0.276 e. The van der Waals surface area contributed by atoms with Crippen molar-refractivity contribution in [1.29, 1.82) is 5.26 Å². The van der Waals surface area contributed by atoms with Gasteiger partial charge in [0.15, 0.2) is 5.69 Å².